The van der Waals surface area contributed by atoms with Crippen LogP contribution in [0.25, 0.3) is 5.57 Å². The van der Waals surface area contributed by atoms with Crippen LogP contribution in [-0.4, -0.2) is 14.3 Å². The first kappa shape index (κ1) is 14.5. The largest absolute Gasteiger partial charge is 0.365 e. The van der Waals surface area contributed by atoms with Gasteiger partial charge in [-0.25, -0.2) is 8.42 Å². The van der Waals surface area contributed by atoms with E-state index in [0.717, 1.165) is 5.56 Å². The number of benzene rings is 2. The minimum absolute atomic E-state index is 0.154. The molecule has 0 aromatic heterocycles. The number of primary amides is 1. The van der Waals surface area contributed by atoms with Gasteiger partial charge in [-0.15, -0.1) is 0 Å². The van der Waals surface area contributed by atoms with Gasteiger partial charge in [0.2, 0.25) is 9.84 Å². The Kier molecular flexibility index (Phi) is 3.37. The van der Waals surface area contributed by atoms with Gasteiger partial charge in [0, 0.05) is 5.92 Å². The van der Waals surface area contributed by atoms with Crippen molar-refractivity contribution >= 4 is 21.3 Å². The molecule has 5 heteroatoms. The maximum Gasteiger partial charge on any atom is 0.260 e. The number of rotatable bonds is 3. The van der Waals surface area contributed by atoms with E-state index >= 15 is 0 Å². The Hall–Kier alpha value is -2.40. The number of hydrogen-bond acceptors (Lipinski definition) is 3. The van der Waals surface area contributed by atoms with Crippen molar-refractivity contribution in [3.63, 3.8) is 0 Å². The van der Waals surface area contributed by atoms with Gasteiger partial charge in [0.1, 0.15) is 4.91 Å². The van der Waals surface area contributed by atoms with Crippen LogP contribution >= 0.6 is 0 Å². The molecule has 1 atom stereocenters. The highest BCUT2D eigenvalue weighted by molar-refractivity contribution is 7.97. The van der Waals surface area contributed by atoms with Crippen molar-refractivity contribution in [3.8, 4) is 0 Å². The highest BCUT2D eigenvalue weighted by Crippen LogP contribution is 2.45. The monoisotopic (exact) mass is 313 g/mol. The summed E-state index contributed by atoms with van der Waals surface area (Å²) in [5, 5.41) is 0. The van der Waals surface area contributed by atoms with Gasteiger partial charge in [-0.2, -0.15) is 0 Å². The average molecular weight is 313 g/mol. The number of hydrogen-bond donors (Lipinski definition) is 1. The fourth-order valence-electron chi connectivity index (χ4n) is 2.90. The molecule has 3 rings (SSSR count). The fraction of sp³-hybridized carbons (Fsp3) is 0.118. The third-order valence-electron chi connectivity index (χ3n) is 3.94. The summed E-state index contributed by atoms with van der Waals surface area (Å²) in [6, 6.07) is 16.1. The molecule has 0 saturated heterocycles. The maximum atomic E-state index is 12.6. The minimum atomic E-state index is -3.84. The van der Waals surface area contributed by atoms with Crippen LogP contribution in [0.5, 0.6) is 0 Å². The molecule has 0 aliphatic carbocycles. The molecule has 0 saturated carbocycles. The zero-order chi connectivity index (χ0) is 15.9. The molecule has 2 N–H and O–H groups in total. The van der Waals surface area contributed by atoms with Crippen molar-refractivity contribution in [1.29, 1.82) is 0 Å². The second-order valence-corrected chi connectivity index (χ2v) is 7.09. The summed E-state index contributed by atoms with van der Waals surface area (Å²) in [5.41, 5.74) is 7.36. The van der Waals surface area contributed by atoms with Crippen LogP contribution in [-0.2, 0) is 14.6 Å². The van der Waals surface area contributed by atoms with Crippen LogP contribution < -0.4 is 5.73 Å². The third-order valence-corrected chi connectivity index (χ3v) is 5.83. The molecule has 0 spiro atoms. The molecule has 4 nitrogen and oxygen atoms in total. The lowest BCUT2D eigenvalue weighted by atomic mass is 9.88. The second-order valence-electron chi connectivity index (χ2n) is 5.24. The van der Waals surface area contributed by atoms with Crippen LogP contribution in [0.1, 0.15) is 24.0 Å². The normalized spacial score (nSPS) is 17.1. The van der Waals surface area contributed by atoms with Gasteiger partial charge in [0.05, 0.1) is 4.90 Å². The van der Waals surface area contributed by atoms with Crippen molar-refractivity contribution in [1.82, 2.24) is 0 Å². The molecule has 1 unspecified atom stereocenters. The fourth-order valence-corrected chi connectivity index (χ4v) is 4.69. The lowest BCUT2D eigenvalue weighted by Gasteiger charge is -2.15. The first-order chi connectivity index (χ1) is 10.4. The predicted octanol–water partition coefficient (Wildman–Crippen LogP) is 2.47. The summed E-state index contributed by atoms with van der Waals surface area (Å²) < 4.78 is 25.2. The maximum absolute atomic E-state index is 12.6. The highest BCUT2D eigenvalue weighted by atomic mass is 32.2. The van der Waals surface area contributed by atoms with Crippen molar-refractivity contribution in [2.45, 2.75) is 17.7 Å². The molecule has 1 aliphatic heterocycles. The molecule has 0 fully saturated rings. The van der Waals surface area contributed by atoms with Crippen LogP contribution in [0.15, 0.2) is 64.4 Å². The summed E-state index contributed by atoms with van der Waals surface area (Å²) >= 11 is 0. The van der Waals surface area contributed by atoms with Gasteiger partial charge < -0.3 is 5.73 Å². The molecule has 0 radical (unpaired) electrons. The van der Waals surface area contributed by atoms with Crippen LogP contribution in [0.2, 0.25) is 0 Å². The third kappa shape index (κ3) is 2.05. The summed E-state index contributed by atoms with van der Waals surface area (Å²) in [7, 11) is -3.84. The molecule has 0 bridgehead atoms. The molecule has 112 valence electrons. The van der Waals surface area contributed by atoms with Gasteiger partial charge in [-0.1, -0.05) is 55.5 Å². The van der Waals surface area contributed by atoms with Gasteiger partial charge in [-0.3, -0.25) is 4.79 Å². The summed E-state index contributed by atoms with van der Waals surface area (Å²) in [6.07, 6.45) is 0. The van der Waals surface area contributed by atoms with Gasteiger partial charge in [-0.05, 0) is 22.8 Å². The molecule has 1 aliphatic rings. The van der Waals surface area contributed by atoms with Crippen LogP contribution in [0.3, 0.4) is 0 Å². The second kappa shape index (κ2) is 5.10. The Morgan fingerprint density at radius 3 is 2.23 bits per heavy atom. The Balaban J connectivity index is 2.31. The highest BCUT2D eigenvalue weighted by Gasteiger charge is 2.40. The minimum Gasteiger partial charge on any atom is -0.365 e. The standard InChI is InChI=1S/C17H15NO3S/c1-11(12-7-3-2-4-8-12)15-13-9-5-6-10-14(13)22(20,21)16(15)17(18)19/h2-11H,1H3,(H2,18,19). The number of amides is 1. The van der Waals surface area contributed by atoms with E-state index in [4.69, 9.17) is 5.73 Å². The number of allylic oxidation sites excluding steroid dienone is 1. The van der Waals surface area contributed by atoms with Gasteiger partial charge >= 0.3 is 0 Å². The Morgan fingerprint density at radius 1 is 1.00 bits per heavy atom. The number of sulfone groups is 1. The van der Waals surface area contributed by atoms with Crippen LogP contribution in [0.4, 0.5) is 0 Å². The van der Waals surface area contributed by atoms with Gasteiger partial charge in [0.15, 0.2) is 0 Å². The smallest absolute Gasteiger partial charge is 0.260 e. The Bertz CT molecular complexity index is 883. The number of nitrogens with two attached hydrogens (primary N) is 1. The first-order valence-electron chi connectivity index (χ1n) is 6.88. The van der Waals surface area contributed by atoms with Crippen molar-refractivity contribution in [3.05, 3.63) is 70.6 Å². The van der Waals surface area contributed by atoms with E-state index < -0.39 is 15.7 Å². The molecule has 1 amide bonds. The average Bonchev–Trinajstić information content (AvgIpc) is 2.76. The summed E-state index contributed by atoms with van der Waals surface area (Å²) in [4.78, 5) is 11.7. The van der Waals surface area contributed by atoms with E-state index in [2.05, 4.69) is 0 Å². The van der Waals surface area contributed by atoms with E-state index in [0.29, 0.717) is 11.1 Å². The predicted molar refractivity (Wildman–Crippen MR) is 84.6 cm³/mol. The molecule has 22 heavy (non-hydrogen) atoms. The first-order valence-corrected chi connectivity index (χ1v) is 8.36. The number of carbonyl (C=O) groups is 1. The molecule has 2 aromatic carbocycles. The molecule has 2 aromatic rings. The van der Waals surface area contributed by atoms with E-state index in [9.17, 15) is 13.2 Å². The van der Waals surface area contributed by atoms with Crippen LogP contribution in [0, 0.1) is 0 Å². The molecular formula is C17H15NO3S. The SMILES string of the molecule is CC(C1=C(C(N)=O)S(=O)(=O)c2ccccc21)c1ccccc1. The summed E-state index contributed by atoms with van der Waals surface area (Å²) in [5.74, 6) is -1.16. The van der Waals surface area contributed by atoms with E-state index in [1.807, 2.05) is 37.3 Å². The zero-order valence-corrected chi connectivity index (χ0v) is 12.8. The van der Waals surface area contributed by atoms with E-state index in [1.54, 1.807) is 18.2 Å². The van der Waals surface area contributed by atoms with E-state index in [-0.39, 0.29) is 15.7 Å². The van der Waals surface area contributed by atoms with E-state index in [1.165, 1.54) is 6.07 Å². The lowest BCUT2D eigenvalue weighted by Crippen LogP contribution is -2.20. The zero-order valence-electron chi connectivity index (χ0n) is 12.0. The summed E-state index contributed by atoms with van der Waals surface area (Å²) in [6.45, 7) is 1.88. The Morgan fingerprint density at radius 2 is 1.59 bits per heavy atom. The molecular weight excluding hydrogens is 298 g/mol. The van der Waals surface area contributed by atoms with Crippen molar-refractivity contribution in [2.24, 2.45) is 5.73 Å². The van der Waals surface area contributed by atoms with Crippen molar-refractivity contribution < 1.29 is 13.2 Å². The quantitative estimate of drug-likeness (QED) is 0.945. The van der Waals surface area contributed by atoms with Gasteiger partial charge in [0.25, 0.3) is 5.91 Å². The number of fused-ring (bicyclic) bond motifs is 1. The lowest BCUT2D eigenvalue weighted by molar-refractivity contribution is -0.113. The topological polar surface area (TPSA) is 77.2 Å². The molecule has 1 heterocycles. The van der Waals surface area contributed by atoms with Crippen molar-refractivity contribution in [2.75, 3.05) is 0 Å². The Labute approximate surface area is 129 Å². The number of carbonyl (C=O) groups excluding carboxylic acids is 1.